The van der Waals surface area contributed by atoms with Crippen molar-refractivity contribution >= 4 is 17.3 Å². The Labute approximate surface area is 96.3 Å². The highest BCUT2D eigenvalue weighted by molar-refractivity contribution is 6.30. The van der Waals surface area contributed by atoms with Crippen molar-refractivity contribution in [3.05, 3.63) is 41.1 Å². The number of anilines is 1. The molecule has 0 aliphatic carbocycles. The summed E-state index contributed by atoms with van der Waals surface area (Å²) in [6.45, 7) is 6.92. The van der Waals surface area contributed by atoms with E-state index in [1.807, 2.05) is 32.2 Å². The molecule has 0 aliphatic heterocycles. The van der Waals surface area contributed by atoms with Gasteiger partial charge in [-0.05, 0) is 44.2 Å². The maximum Gasteiger partial charge on any atom is 0.0412 e. The zero-order valence-corrected chi connectivity index (χ0v) is 9.99. The van der Waals surface area contributed by atoms with E-state index in [1.165, 1.54) is 0 Å². The number of rotatable bonds is 5. The molecule has 0 spiro atoms. The average Bonchev–Trinajstić information content (AvgIpc) is 2.19. The van der Waals surface area contributed by atoms with Gasteiger partial charge in [-0.2, -0.15) is 0 Å². The quantitative estimate of drug-likeness (QED) is 0.803. The van der Waals surface area contributed by atoms with Gasteiger partial charge in [0.1, 0.15) is 0 Å². The highest BCUT2D eigenvalue weighted by Crippen LogP contribution is 2.21. The molecule has 0 radical (unpaired) electrons. The van der Waals surface area contributed by atoms with Crippen molar-refractivity contribution in [3.8, 4) is 0 Å². The molecule has 0 amide bonds. The Balaban J connectivity index is 2.60. The van der Waals surface area contributed by atoms with Crippen LogP contribution in [0.5, 0.6) is 0 Å². The van der Waals surface area contributed by atoms with Crippen LogP contribution in [0.3, 0.4) is 0 Å². The summed E-state index contributed by atoms with van der Waals surface area (Å²) in [5.41, 5.74) is 3.21. The van der Waals surface area contributed by atoms with Gasteiger partial charge >= 0.3 is 0 Å². The molecule has 1 rings (SSSR count). The molecule has 0 saturated heterocycles. The normalized spacial score (nSPS) is 10.1. The van der Waals surface area contributed by atoms with Crippen LogP contribution in [0, 0.1) is 6.92 Å². The fourth-order valence-electron chi connectivity index (χ4n) is 1.30. The third-order valence-electron chi connectivity index (χ3n) is 2.18. The monoisotopic (exact) mass is 224 g/mol. The first-order chi connectivity index (χ1) is 7.13. The van der Waals surface area contributed by atoms with Crippen molar-refractivity contribution in [1.82, 2.24) is 5.32 Å². The van der Waals surface area contributed by atoms with Crippen molar-refractivity contribution in [2.45, 2.75) is 13.3 Å². The fraction of sp³-hybridized carbons (Fsp3) is 0.333. The number of aryl methyl sites for hydroxylation is 1. The summed E-state index contributed by atoms with van der Waals surface area (Å²) >= 11 is 5.88. The molecule has 3 heteroatoms. The van der Waals surface area contributed by atoms with Crippen LogP contribution < -0.4 is 10.6 Å². The van der Waals surface area contributed by atoms with E-state index in [-0.39, 0.29) is 0 Å². The van der Waals surface area contributed by atoms with Crippen LogP contribution in [0.2, 0.25) is 5.02 Å². The predicted octanol–water partition coefficient (Wildman–Crippen LogP) is 3.18. The first kappa shape index (κ1) is 12.1. The molecule has 0 heterocycles. The fourth-order valence-corrected chi connectivity index (χ4v) is 1.52. The first-order valence-electron chi connectivity index (χ1n) is 4.99. The summed E-state index contributed by atoms with van der Waals surface area (Å²) in [4.78, 5) is 0. The number of hydrogen-bond donors (Lipinski definition) is 2. The van der Waals surface area contributed by atoms with Gasteiger partial charge in [-0.3, -0.25) is 0 Å². The highest BCUT2D eigenvalue weighted by Gasteiger charge is 2.00. The standard InChI is InChI=1S/C12H17ClN2/c1-9-8-11(13)4-5-12(9)15-10(2)6-7-14-3/h4-5,8,14-15H,2,6-7H2,1,3H3. The van der Waals surface area contributed by atoms with E-state index in [0.29, 0.717) is 0 Å². The van der Waals surface area contributed by atoms with Crippen LogP contribution >= 0.6 is 11.6 Å². The molecule has 2 N–H and O–H groups in total. The summed E-state index contributed by atoms with van der Waals surface area (Å²) < 4.78 is 0. The third kappa shape index (κ3) is 3.94. The highest BCUT2D eigenvalue weighted by atomic mass is 35.5. The Morgan fingerprint density at radius 3 is 2.80 bits per heavy atom. The lowest BCUT2D eigenvalue weighted by Gasteiger charge is -2.12. The van der Waals surface area contributed by atoms with Gasteiger partial charge in [-0.25, -0.2) is 0 Å². The Bertz CT molecular complexity index is 347. The number of hydrogen-bond acceptors (Lipinski definition) is 2. The maximum absolute atomic E-state index is 5.88. The van der Waals surface area contributed by atoms with Crippen LogP contribution in [-0.2, 0) is 0 Å². The molecule has 0 aliphatic rings. The molecule has 1 aromatic rings. The third-order valence-corrected chi connectivity index (χ3v) is 2.41. The van der Waals surface area contributed by atoms with Crippen LogP contribution in [-0.4, -0.2) is 13.6 Å². The van der Waals surface area contributed by atoms with Crippen molar-refractivity contribution in [1.29, 1.82) is 0 Å². The van der Waals surface area contributed by atoms with Gasteiger partial charge in [-0.1, -0.05) is 18.2 Å². The average molecular weight is 225 g/mol. The maximum atomic E-state index is 5.88. The van der Waals surface area contributed by atoms with Crippen molar-refractivity contribution in [3.63, 3.8) is 0 Å². The van der Waals surface area contributed by atoms with Gasteiger partial charge in [0.15, 0.2) is 0 Å². The predicted molar refractivity (Wildman–Crippen MR) is 67.5 cm³/mol. The molecule has 0 fully saturated rings. The van der Waals surface area contributed by atoms with Gasteiger partial charge in [0.25, 0.3) is 0 Å². The zero-order chi connectivity index (χ0) is 11.3. The molecule has 2 nitrogen and oxygen atoms in total. The SMILES string of the molecule is C=C(CCNC)Nc1ccc(Cl)cc1C. The largest absolute Gasteiger partial charge is 0.359 e. The van der Waals surface area contributed by atoms with Gasteiger partial charge in [-0.15, -0.1) is 0 Å². The van der Waals surface area contributed by atoms with Crippen molar-refractivity contribution in [2.24, 2.45) is 0 Å². The Morgan fingerprint density at radius 2 is 2.20 bits per heavy atom. The van der Waals surface area contributed by atoms with Gasteiger partial charge in [0, 0.05) is 23.0 Å². The minimum absolute atomic E-state index is 0.763. The lowest BCUT2D eigenvalue weighted by molar-refractivity contribution is 0.789. The Morgan fingerprint density at radius 1 is 1.47 bits per heavy atom. The topological polar surface area (TPSA) is 24.1 Å². The van der Waals surface area contributed by atoms with Gasteiger partial charge in [0.05, 0.1) is 0 Å². The van der Waals surface area contributed by atoms with E-state index in [4.69, 9.17) is 11.6 Å². The molecule has 0 atom stereocenters. The number of halogens is 1. The second kappa shape index (κ2) is 5.79. The van der Waals surface area contributed by atoms with E-state index < -0.39 is 0 Å². The van der Waals surface area contributed by atoms with E-state index in [9.17, 15) is 0 Å². The van der Waals surface area contributed by atoms with Crippen LogP contribution in [0.1, 0.15) is 12.0 Å². The van der Waals surface area contributed by atoms with Crippen LogP contribution in [0.4, 0.5) is 5.69 Å². The zero-order valence-electron chi connectivity index (χ0n) is 9.23. The molecule has 0 aromatic heterocycles. The molecular formula is C12H17ClN2. The second-order valence-corrected chi connectivity index (χ2v) is 3.98. The summed E-state index contributed by atoms with van der Waals surface area (Å²) in [6, 6.07) is 5.79. The lowest BCUT2D eigenvalue weighted by atomic mass is 10.2. The minimum atomic E-state index is 0.763. The Hall–Kier alpha value is -0.990. The van der Waals surface area contributed by atoms with E-state index >= 15 is 0 Å². The van der Waals surface area contributed by atoms with Crippen molar-refractivity contribution < 1.29 is 0 Å². The number of benzene rings is 1. The van der Waals surface area contributed by atoms with Gasteiger partial charge < -0.3 is 10.6 Å². The smallest absolute Gasteiger partial charge is 0.0412 e. The Kier molecular flexibility index (Phi) is 4.66. The lowest BCUT2D eigenvalue weighted by Crippen LogP contribution is -2.11. The van der Waals surface area contributed by atoms with E-state index in [1.54, 1.807) is 0 Å². The van der Waals surface area contributed by atoms with Crippen LogP contribution in [0.25, 0.3) is 0 Å². The molecule has 0 saturated carbocycles. The second-order valence-electron chi connectivity index (χ2n) is 3.54. The minimum Gasteiger partial charge on any atom is -0.359 e. The van der Waals surface area contributed by atoms with Crippen molar-refractivity contribution in [2.75, 3.05) is 18.9 Å². The molecule has 15 heavy (non-hydrogen) atoms. The molecule has 1 aromatic carbocycles. The van der Waals surface area contributed by atoms with E-state index in [2.05, 4.69) is 17.2 Å². The van der Waals surface area contributed by atoms with E-state index in [0.717, 1.165) is 34.9 Å². The van der Waals surface area contributed by atoms with Crippen LogP contribution in [0.15, 0.2) is 30.5 Å². The number of nitrogens with one attached hydrogen (secondary N) is 2. The molecular weight excluding hydrogens is 208 g/mol. The molecule has 0 unspecified atom stereocenters. The molecule has 82 valence electrons. The summed E-state index contributed by atoms with van der Waals surface area (Å²) in [5, 5.41) is 7.13. The summed E-state index contributed by atoms with van der Waals surface area (Å²) in [7, 11) is 1.93. The summed E-state index contributed by atoms with van der Waals surface area (Å²) in [5.74, 6) is 0. The summed E-state index contributed by atoms with van der Waals surface area (Å²) in [6.07, 6.45) is 0.915. The first-order valence-corrected chi connectivity index (χ1v) is 5.37. The van der Waals surface area contributed by atoms with Gasteiger partial charge in [0.2, 0.25) is 0 Å². The molecule has 0 bridgehead atoms.